The normalized spacial score (nSPS) is 13.0. The van der Waals surface area contributed by atoms with Crippen molar-refractivity contribution in [2.75, 3.05) is 7.11 Å². The van der Waals surface area contributed by atoms with Crippen LogP contribution in [0, 0.1) is 13.8 Å². The maximum Gasteiger partial charge on any atom is 0.261 e. The van der Waals surface area contributed by atoms with Crippen molar-refractivity contribution in [3.8, 4) is 11.5 Å². The summed E-state index contributed by atoms with van der Waals surface area (Å²) in [5, 5.41) is 3.03. The molecule has 0 fully saturated rings. The fourth-order valence-corrected chi connectivity index (χ4v) is 2.69. The zero-order valence-corrected chi connectivity index (χ0v) is 15.6. The first-order valence-electron chi connectivity index (χ1n) is 8.62. The van der Waals surface area contributed by atoms with Crippen molar-refractivity contribution in [3.05, 3.63) is 59.2 Å². The number of hydrogen-bond donors (Lipinski definition) is 1. The van der Waals surface area contributed by atoms with Crippen LogP contribution in [0.1, 0.15) is 43.0 Å². The number of carbonyl (C=O) groups excluding carboxylic acids is 1. The summed E-state index contributed by atoms with van der Waals surface area (Å²) >= 11 is 0. The molecule has 2 rings (SSSR count). The van der Waals surface area contributed by atoms with E-state index in [-0.39, 0.29) is 11.9 Å². The van der Waals surface area contributed by atoms with Gasteiger partial charge >= 0.3 is 0 Å². The van der Waals surface area contributed by atoms with E-state index in [0.29, 0.717) is 6.42 Å². The van der Waals surface area contributed by atoms with Gasteiger partial charge in [0.1, 0.15) is 11.5 Å². The predicted octanol–water partition coefficient (Wildman–Crippen LogP) is 4.35. The smallest absolute Gasteiger partial charge is 0.261 e. The monoisotopic (exact) mass is 341 g/mol. The Bertz CT molecular complexity index is 710. The number of aryl methyl sites for hydroxylation is 2. The van der Waals surface area contributed by atoms with Crippen LogP contribution < -0.4 is 14.8 Å². The standard InChI is InChI=1S/C21H27NO3/c1-6-19(25-20-12-7-14(2)13-15(20)3)21(23)22-16(4)17-8-10-18(24-5)11-9-17/h7-13,16,19H,6H2,1-5H3,(H,22,23)/t16-,19-/m0/s1. The van der Waals surface area contributed by atoms with Crippen molar-refractivity contribution in [3.63, 3.8) is 0 Å². The van der Waals surface area contributed by atoms with Gasteiger partial charge in [0.2, 0.25) is 0 Å². The van der Waals surface area contributed by atoms with Crippen molar-refractivity contribution in [2.45, 2.75) is 46.3 Å². The van der Waals surface area contributed by atoms with Gasteiger partial charge in [-0.2, -0.15) is 0 Å². The minimum Gasteiger partial charge on any atom is -0.497 e. The molecular weight excluding hydrogens is 314 g/mol. The first-order valence-corrected chi connectivity index (χ1v) is 8.62. The number of carbonyl (C=O) groups is 1. The molecule has 0 aliphatic rings. The lowest BCUT2D eigenvalue weighted by atomic mass is 10.1. The van der Waals surface area contributed by atoms with Crippen molar-refractivity contribution in [1.29, 1.82) is 0 Å². The van der Waals surface area contributed by atoms with E-state index >= 15 is 0 Å². The summed E-state index contributed by atoms with van der Waals surface area (Å²) < 4.78 is 11.1. The second kappa shape index (κ2) is 8.56. The number of ether oxygens (including phenoxy) is 2. The Morgan fingerprint density at radius 3 is 2.36 bits per heavy atom. The molecule has 1 N–H and O–H groups in total. The van der Waals surface area contributed by atoms with E-state index in [4.69, 9.17) is 9.47 Å². The fraction of sp³-hybridized carbons (Fsp3) is 0.381. The van der Waals surface area contributed by atoms with Gasteiger partial charge in [0.05, 0.1) is 13.2 Å². The van der Waals surface area contributed by atoms with Gasteiger partial charge in [-0.15, -0.1) is 0 Å². The SMILES string of the molecule is CC[C@H](Oc1ccc(C)cc1C)C(=O)N[C@@H](C)c1ccc(OC)cc1. The molecule has 0 aromatic heterocycles. The van der Waals surface area contributed by atoms with Crippen LogP contribution in [-0.4, -0.2) is 19.1 Å². The van der Waals surface area contributed by atoms with Gasteiger partial charge in [0, 0.05) is 0 Å². The third kappa shape index (κ3) is 4.99. The van der Waals surface area contributed by atoms with Gasteiger partial charge in [-0.25, -0.2) is 0 Å². The number of amides is 1. The molecule has 0 heterocycles. The van der Waals surface area contributed by atoms with E-state index in [1.165, 1.54) is 5.56 Å². The summed E-state index contributed by atoms with van der Waals surface area (Å²) in [5.41, 5.74) is 3.24. The van der Waals surface area contributed by atoms with Crippen molar-refractivity contribution in [1.82, 2.24) is 5.32 Å². The Hall–Kier alpha value is -2.49. The summed E-state index contributed by atoms with van der Waals surface area (Å²) in [6.45, 7) is 7.94. The highest BCUT2D eigenvalue weighted by Gasteiger charge is 2.21. The molecule has 1 amide bonds. The lowest BCUT2D eigenvalue weighted by molar-refractivity contribution is -0.128. The molecule has 2 atom stereocenters. The Morgan fingerprint density at radius 1 is 1.12 bits per heavy atom. The maximum atomic E-state index is 12.6. The summed E-state index contributed by atoms with van der Waals surface area (Å²) in [4.78, 5) is 12.6. The van der Waals surface area contributed by atoms with Crippen molar-refractivity contribution in [2.24, 2.45) is 0 Å². The topological polar surface area (TPSA) is 47.6 Å². The number of nitrogens with one attached hydrogen (secondary N) is 1. The van der Waals surface area contributed by atoms with Crippen LogP contribution in [-0.2, 0) is 4.79 Å². The van der Waals surface area contributed by atoms with Crippen LogP contribution in [0.15, 0.2) is 42.5 Å². The van der Waals surface area contributed by atoms with Crippen molar-refractivity contribution < 1.29 is 14.3 Å². The average molecular weight is 341 g/mol. The Kier molecular flexibility index (Phi) is 6.45. The van der Waals surface area contributed by atoms with Gasteiger partial charge < -0.3 is 14.8 Å². The Balaban J connectivity index is 2.03. The highest BCUT2D eigenvalue weighted by molar-refractivity contribution is 5.81. The van der Waals surface area contributed by atoms with Gasteiger partial charge in [-0.05, 0) is 56.5 Å². The first-order chi connectivity index (χ1) is 11.9. The molecule has 4 nitrogen and oxygen atoms in total. The predicted molar refractivity (Wildman–Crippen MR) is 100 cm³/mol. The quantitative estimate of drug-likeness (QED) is 0.814. The highest BCUT2D eigenvalue weighted by Crippen LogP contribution is 2.22. The molecule has 2 aromatic rings. The minimum atomic E-state index is -0.512. The van der Waals surface area contributed by atoms with E-state index in [0.717, 1.165) is 22.6 Å². The molecule has 0 aliphatic carbocycles. The number of rotatable bonds is 7. The van der Waals surface area contributed by atoms with E-state index in [9.17, 15) is 4.79 Å². The molecule has 0 saturated heterocycles. The molecule has 0 radical (unpaired) electrons. The molecule has 0 spiro atoms. The molecule has 134 valence electrons. The maximum absolute atomic E-state index is 12.6. The largest absolute Gasteiger partial charge is 0.497 e. The van der Waals surface area contributed by atoms with E-state index in [1.54, 1.807) is 7.11 Å². The van der Waals surface area contributed by atoms with Gasteiger partial charge in [-0.3, -0.25) is 4.79 Å². The van der Waals surface area contributed by atoms with Crippen LogP contribution >= 0.6 is 0 Å². The lowest BCUT2D eigenvalue weighted by Crippen LogP contribution is -2.39. The van der Waals surface area contributed by atoms with E-state index in [2.05, 4.69) is 11.4 Å². The number of methoxy groups -OCH3 is 1. The van der Waals surface area contributed by atoms with Gasteiger partial charge in [0.25, 0.3) is 5.91 Å². The number of hydrogen-bond acceptors (Lipinski definition) is 3. The zero-order valence-electron chi connectivity index (χ0n) is 15.6. The van der Waals surface area contributed by atoms with Gasteiger partial charge in [-0.1, -0.05) is 36.8 Å². The lowest BCUT2D eigenvalue weighted by Gasteiger charge is -2.22. The highest BCUT2D eigenvalue weighted by atomic mass is 16.5. The minimum absolute atomic E-state index is 0.102. The molecule has 0 bridgehead atoms. The van der Waals surface area contributed by atoms with Crippen LogP contribution in [0.2, 0.25) is 0 Å². The third-order valence-corrected chi connectivity index (χ3v) is 4.24. The molecule has 2 aromatic carbocycles. The van der Waals surface area contributed by atoms with E-state index < -0.39 is 6.10 Å². The summed E-state index contributed by atoms with van der Waals surface area (Å²) in [6, 6.07) is 13.6. The summed E-state index contributed by atoms with van der Waals surface area (Å²) in [6.07, 6.45) is 0.0937. The zero-order chi connectivity index (χ0) is 18.4. The van der Waals surface area contributed by atoms with Crippen LogP contribution in [0.3, 0.4) is 0 Å². The molecular formula is C21H27NO3. The van der Waals surface area contributed by atoms with Crippen molar-refractivity contribution >= 4 is 5.91 Å². The van der Waals surface area contributed by atoms with Crippen LogP contribution in [0.4, 0.5) is 0 Å². The molecule has 25 heavy (non-hydrogen) atoms. The van der Waals surface area contributed by atoms with Crippen LogP contribution in [0.25, 0.3) is 0 Å². The molecule has 0 aliphatic heterocycles. The van der Waals surface area contributed by atoms with E-state index in [1.807, 2.05) is 64.1 Å². The Labute approximate surface area is 150 Å². The summed E-state index contributed by atoms with van der Waals surface area (Å²) in [5.74, 6) is 1.45. The third-order valence-electron chi connectivity index (χ3n) is 4.24. The fourth-order valence-electron chi connectivity index (χ4n) is 2.69. The summed E-state index contributed by atoms with van der Waals surface area (Å²) in [7, 11) is 1.64. The first kappa shape index (κ1) is 18.8. The second-order valence-corrected chi connectivity index (χ2v) is 6.29. The number of benzene rings is 2. The molecule has 0 saturated carbocycles. The second-order valence-electron chi connectivity index (χ2n) is 6.29. The average Bonchev–Trinajstić information content (AvgIpc) is 2.61. The van der Waals surface area contributed by atoms with Gasteiger partial charge in [0.15, 0.2) is 6.10 Å². The Morgan fingerprint density at radius 2 is 1.80 bits per heavy atom. The molecule has 4 heteroatoms. The molecule has 0 unspecified atom stereocenters. The van der Waals surface area contributed by atoms with Crippen LogP contribution in [0.5, 0.6) is 11.5 Å².